The Kier molecular flexibility index (Phi) is 5.00. The quantitative estimate of drug-likeness (QED) is 0.677. The summed E-state index contributed by atoms with van der Waals surface area (Å²) in [6.07, 6.45) is 1.97. The summed E-state index contributed by atoms with van der Waals surface area (Å²) in [6, 6.07) is 14.4. The van der Waals surface area contributed by atoms with Gasteiger partial charge in [-0.3, -0.25) is 20.4 Å². The molecule has 0 unspecified atom stereocenters. The van der Waals surface area contributed by atoms with E-state index < -0.39 is 0 Å². The lowest BCUT2D eigenvalue weighted by Crippen LogP contribution is -2.41. The molecule has 2 N–H and O–H groups in total. The van der Waals surface area contributed by atoms with Gasteiger partial charge in [0.1, 0.15) is 0 Å². The molecule has 0 atom stereocenters. The van der Waals surface area contributed by atoms with Crippen LogP contribution in [0, 0.1) is 6.92 Å². The van der Waals surface area contributed by atoms with Crippen molar-refractivity contribution >= 4 is 23.6 Å². The van der Waals surface area contributed by atoms with E-state index in [4.69, 9.17) is 0 Å². The lowest BCUT2D eigenvalue weighted by Gasteiger charge is -2.09. The molecule has 2 aromatic rings. The summed E-state index contributed by atoms with van der Waals surface area (Å²) in [7, 11) is 0. The number of hydrogen-bond donors (Lipinski definition) is 2. The van der Waals surface area contributed by atoms with E-state index in [1.807, 2.05) is 37.4 Å². The molecule has 21 heavy (non-hydrogen) atoms. The third-order valence-electron chi connectivity index (χ3n) is 3.03. The van der Waals surface area contributed by atoms with E-state index in [0.717, 1.165) is 10.5 Å². The second kappa shape index (κ2) is 6.95. The number of rotatable bonds is 3. The van der Waals surface area contributed by atoms with Crippen LogP contribution in [0.25, 0.3) is 0 Å². The highest BCUT2D eigenvalue weighted by molar-refractivity contribution is 7.98. The van der Waals surface area contributed by atoms with Gasteiger partial charge >= 0.3 is 0 Å². The van der Waals surface area contributed by atoms with Crippen LogP contribution in [0.1, 0.15) is 26.3 Å². The van der Waals surface area contributed by atoms with Crippen molar-refractivity contribution in [3.05, 3.63) is 65.2 Å². The molecule has 108 valence electrons. The van der Waals surface area contributed by atoms with Crippen molar-refractivity contribution in [2.75, 3.05) is 6.26 Å². The number of hydrogen-bond acceptors (Lipinski definition) is 3. The molecule has 0 aliphatic heterocycles. The molecular weight excluding hydrogens is 284 g/mol. The number of aryl methyl sites for hydroxylation is 1. The zero-order valence-electron chi connectivity index (χ0n) is 11.8. The number of nitrogens with one attached hydrogen (secondary N) is 2. The summed E-state index contributed by atoms with van der Waals surface area (Å²) in [5.41, 5.74) is 6.73. The average molecular weight is 300 g/mol. The fourth-order valence-electron chi connectivity index (χ4n) is 1.82. The van der Waals surface area contributed by atoms with Gasteiger partial charge in [-0.15, -0.1) is 11.8 Å². The second-order valence-corrected chi connectivity index (χ2v) is 5.33. The fourth-order valence-corrected chi connectivity index (χ4v) is 2.23. The molecule has 0 aromatic heterocycles. The first-order valence-corrected chi connectivity index (χ1v) is 7.64. The largest absolute Gasteiger partial charge is 0.269 e. The number of hydrazine groups is 1. The van der Waals surface area contributed by atoms with Crippen LogP contribution >= 0.6 is 11.8 Å². The average Bonchev–Trinajstić information content (AvgIpc) is 2.52. The summed E-state index contributed by atoms with van der Waals surface area (Å²) < 4.78 is 0. The standard InChI is InChI=1S/C16H16N2O2S/c1-11-5-3-4-6-14(11)16(20)18-17-15(19)12-7-9-13(21-2)10-8-12/h3-10H,1-2H3,(H,17,19)(H,18,20). The van der Waals surface area contributed by atoms with Crippen LogP contribution < -0.4 is 10.9 Å². The van der Waals surface area contributed by atoms with Gasteiger partial charge in [0.05, 0.1) is 0 Å². The van der Waals surface area contributed by atoms with Gasteiger partial charge in [0.15, 0.2) is 0 Å². The molecule has 0 radical (unpaired) electrons. The molecule has 0 saturated carbocycles. The van der Waals surface area contributed by atoms with Crippen molar-refractivity contribution in [3.8, 4) is 0 Å². The first kappa shape index (κ1) is 15.1. The lowest BCUT2D eigenvalue weighted by atomic mass is 10.1. The van der Waals surface area contributed by atoms with Crippen molar-refractivity contribution in [3.63, 3.8) is 0 Å². The first-order chi connectivity index (χ1) is 10.1. The molecule has 0 bridgehead atoms. The Morgan fingerprint density at radius 1 is 0.905 bits per heavy atom. The lowest BCUT2D eigenvalue weighted by molar-refractivity contribution is 0.0846. The zero-order valence-corrected chi connectivity index (χ0v) is 12.7. The number of thioether (sulfide) groups is 1. The van der Waals surface area contributed by atoms with Crippen LogP contribution in [0.3, 0.4) is 0 Å². The Morgan fingerprint density at radius 2 is 1.52 bits per heavy atom. The Morgan fingerprint density at radius 3 is 2.14 bits per heavy atom. The predicted octanol–water partition coefficient (Wildman–Crippen LogP) is 2.79. The van der Waals surface area contributed by atoms with E-state index in [2.05, 4.69) is 10.9 Å². The molecule has 0 aliphatic rings. The Labute approximate surface area is 127 Å². The van der Waals surface area contributed by atoms with Gasteiger partial charge in [-0.1, -0.05) is 18.2 Å². The van der Waals surface area contributed by atoms with Gasteiger partial charge in [0.2, 0.25) is 0 Å². The van der Waals surface area contributed by atoms with Crippen LogP contribution in [0.5, 0.6) is 0 Å². The fraction of sp³-hybridized carbons (Fsp3) is 0.125. The summed E-state index contributed by atoms with van der Waals surface area (Å²) in [4.78, 5) is 25.0. The molecular formula is C16H16N2O2S. The molecule has 0 heterocycles. The van der Waals surface area contributed by atoms with Crippen molar-refractivity contribution in [1.82, 2.24) is 10.9 Å². The minimum absolute atomic E-state index is 0.331. The molecule has 4 nitrogen and oxygen atoms in total. The van der Waals surface area contributed by atoms with Crippen molar-refractivity contribution in [2.24, 2.45) is 0 Å². The third kappa shape index (κ3) is 3.86. The van der Waals surface area contributed by atoms with Gasteiger partial charge in [0, 0.05) is 16.0 Å². The smallest absolute Gasteiger partial charge is 0.267 e. The SMILES string of the molecule is CSc1ccc(C(=O)NNC(=O)c2ccccc2C)cc1. The third-order valence-corrected chi connectivity index (χ3v) is 3.78. The minimum atomic E-state index is -0.343. The molecule has 2 rings (SSSR count). The maximum absolute atomic E-state index is 12.0. The maximum atomic E-state index is 12.0. The highest BCUT2D eigenvalue weighted by atomic mass is 32.2. The van der Waals surface area contributed by atoms with Gasteiger partial charge in [-0.05, 0) is 49.1 Å². The topological polar surface area (TPSA) is 58.2 Å². The van der Waals surface area contributed by atoms with E-state index in [1.165, 1.54) is 0 Å². The van der Waals surface area contributed by atoms with Crippen LogP contribution in [0.2, 0.25) is 0 Å². The molecule has 0 spiro atoms. The van der Waals surface area contributed by atoms with Gasteiger partial charge in [-0.2, -0.15) is 0 Å². The van der Waals surface area contributed by atoms with Crippen molar-refractivity contribution in [1.29, 1.82) is 0 Å². The van der Waals surface area contributed by atoms with Gasteiger partial charge in [0.25, 0.3) is 11.8 Å². The van der Waals surface area contributed by atoms with E-state index in [1.54, 1.807) is 36.0 Å². The van der Waals surface area contributed by atoms with Crippen molar-refractivity contribution in [2.45, 2.75) is 11.8 Å². The number of benzene rings is 2. The second-order valence-electron chi connectivity index (χ2n) is 4.45. The zero-order chi connectivity index (χ0) is 15.2. The van der Waals surface area contributed by atoms with Crippen LogP contribution in [0.15, 0.2) is 53.4 Å². The molecule has 0 fully saturated rings. The number of amides is 2. The first-order valence-electron chi connectivity index (χ1n) is 6.42. The van der Waals surface area contributed by atoms with Gasteiger partial charge in [-0.25, -0.2) is 0 Å². The highest BCUT2D eigenvalue weighted by Crippen LogP contribution is 2.14. The molecule has 0 saturated heterocycles. The van der Waals surface area contributed by atoms with Crippen LogP contribution in [-0.4, -0.2) is 18.1 Å². The summed E-state index contributed by atoms with van der Waals surface area (Å²) in [6.45, 7) is 1.85. The maximum Gasteiger partial charge on any atom is 0.269 e. The number of carbonyl (C=O) groups is 2. The van der Waals surface area contributed by atoms with E-state index in [-0.39, 0.29) is 11.8 Å². The minimum Gasteiger partial charge on any atom is -0.267 e. The van der Waals surface area contributed by atoms with E-state index >= 15 is 0 Å². The Bertz CT molecular complexity index is 654. The summed E-state index contributed by atoms with van der Waals surface area (Å²) in [5, 5.41) is 0. The summed E-state index contributed by atoms with van der Waals surface area (Å²) in [5.74, 6) is -0.674. The summed E-state index contributed by atoms with van der Waals surface area (Å²) >= 11 is 1.60. The van der Waals surface area contributed by atoms with Crippen molar-refractivity contribution < 1.29 is 9.59 Å². The normalized spacial score (nSPS) is 10.0. The molecule has 2 aromatic carbocycles. The van der Waals surface area contributed by atoms with Crippen LogP contribution in [0.4, 0.5) is 0 Å². The van der Waals surface area contributed by atoms with Gasteiger partial charge < -0.3 is 0 Å². The van der Waals surface area contributed by atoms with E-state index in [0.29, 0.717) is 11.1 Å². The Hall–Kier alpha value is -2.27. The molecule has 0 aliphatic carbocycles. The number of carbonyl (C=O) groups excluding carboxylic acids is 2. The Balaban J connectivity index is 1.97. The van der Waals surface area contributed by atoms with Crippen LogP contribution in [-0.2, 0) is 0 Å². The monoisotopic (exact) mass is 300 g/mol. The molecule has 5 heteroatoms. The highest BCUT2D eigenvalue weighted by Gasteiger charge is 2.10. The predicted molar refractivity (Wildman–Crippen MR) is 84.3 cm³/mol. The molecule has 2 amide bonds. The van der Waals surface area contributed by atoms with E-state index in [9.17, 15) is 9.59 Å².